The number of aromatic nitrogens is 6. The summed E-state index contributed by atoms with van der Waals surface area (Å²) in [7, 11) is 3.53. The van der Waals surface area contributed by atoms with Gasteiger partial charge in [0.2, 0.25) is 5.95 Å². The van der Waals surface area contributed by atoms with Crippen LogP contribution in [0.4, 0.5) is 10.1 Å². The molecule has 0 saturated carbocycles. The Hall–Kier alpha value is -4.01. The number of nitrogens with zero attached hydrogens (tertiary/aromatic N) is 6. The van der Waals surface area contributed by atoms with Crippen molar-refractivity contribution in [3.63, 3.8) is 0 Å². The van der Waals surface area contributed by atoms with Gasteiger partial charge in [0, 0.05) is 37.4 Å². The van der Waals surface area contributed by atoms with Crippen LogP contribution < -0.4 is 11.4 Å². The topological polar surface area (TPSA) is 96.5 Å². The van der Waals surface area contributed by atoms with Gasteiger partial charge in [0.1, 0.15) is 0 Å². The van der Waals surface area contributed by atoms with E-state index in [2.05, 4.69) is 15.1 Å². The van der Waals surface area contributed by atoms with Gasteiger partial charge in [-0.3, -0.25) is 18.8 Å². The van der Waals surface area contributed by atoms with Crippen molar-refractivity contribution in [2.75, 3.05) is 5.73 Å². The Morgan fingerprint density at radius 3 is 2.57 bits per heavy atom. The predicted octanol–water partition coefficient (Wildman–Crippen LogP) is 2.70. The average molecular weight is 403 g/mol. The SMILES string of the molecule is Cc1nn(C)cc1-n1c(=O)n(C)c2cnc3ccc(-c4cnc(F)c(N)c4)cc3c21. The van der Waals surface area contributed by atoms with Crippen molar-refractivity contribution in [2.45, 2.75) is 6.92 Å². The van der Waals surface area contributed by atoms with Gasteiger partial charge >= 0.3 is 5.69 Å². The van der Waals surface area contributed by atoms with E-state index in [1.807, 2.05) is 38.4 Å². The molecule has 0 bridgehead atoms. The quantitative estimate of drug-likeness (QED) is 0.457. The number of hydrogen-bond acceptors (Lipinski definition) is 5. The molecule has 0 radical (unpaired) electrons. The predicted molar refractivity (Wildman–Crippen MR) is 113 cm³/mol. The molecule has 0 aliphatic rings. The van der Waals surface area contributed by atoms with Crippen molar-refractivity contribution < 1.29 is 4.39 Å². The molecule has 0 fully saturated rings. The summed E-state index contributed by atoms with van der Waals surface area (Å²) in [4.78, 5) is 21.4. The zero-order valence-corrected chi connectivity index (χ0v) is 16.6. The molecule has 0 aliphatic carbocycles. The molecule has 9 heteroatoms. The van der Waals surface area contributed by atoms with E-state index in [-0.39, 0.29) is 11.4 Å². The maximum absolute atomic E-state index is 13.5. The molecule has 4 heterocycles. The second kappa shape index (κ2) is 6.24. The number of halogens is 1. The second-order valence-electron chi connectivity index (χ2n) is 7.28. The maximum Gasteiger partial charge on any atom is 0.333 e. The fourth-order valence-corrected chi connectivity index (χ4v) is 3.83. The van der Waals surface area contributed by atoms with Crippen molar-refractivity contribution >= 4 is 27.6 Å². The largest absolute Gasteiger partial charge is 0.395 e. The molecule has 5 rings (SSSR count). The van der Waals surface area contributed by atoms with E-state index in [4.69, 9.17) is 5.73 Å². The monoisotopic (exact) mass is 403 g/mol. The lowest BCUT2D eigenvalue weighted by atomic mass is 10.0. The molecule has 30 heavy (non-hydrogen) atoms. The highest BCUT2D eigenvalue weighted by Gasteiger charge is 2.19. The van der Waals surface area contributed by atoms with E-state index in [0.29, 0.717) is 16.8 Å². The van der Waals surface area contributed by atoms with Crippen LogP contribution in [-0.4, -0.2) is 28.9 Å². The number of anilines is 1. The number of benzene rings is 1. The van der Waals surface area contributed by atoms with Crippen LogP contribution in [0.1, 0.15) is 5.69 Å². The first-order valence-corrected chi connectivity index (χ1v) is 9.27. The van der Waals surface area contributed by atoms with Crippen molar-refractivity contribution in [3.8, 4) is 16.8 Å². The number of rotatable bonds is 2. The van der Waals surface area contributed by atoms with Gasteiger partial charge in [0.15, 0.2) is 0 Å². The molecule has 0 aliphatic heterocycles. The van der Waals surface area contributed by atoms with Crippen LogP contribution in [0.5, 0.6) is 0 Å². The van der Waals surface area contributed by atoms with E-state index >= 15 is 0 Å². The van der Waals surface area contributed by atoms with Gasteiger partial charge in [0.05, 0.1) is 39.8 Å². The van der Waals surface area contributed by atoms with Crippen LogP contribution >= 0.6 is 0 Å². The van der Waals surface area contributed by atoms with Crippen LogP contribution in [0, 0.1) is 12.9 Å². The lowest BCUT2D eigenvalue weighted by Gasteiger charge is -2.08. The number of nitrogens with two attached hydrogens (primary N) is 1. The Labute approximate surface area is 170 Å². The summed E-state index contributed by atoms with van der Waals surface area (Å²) in [5.41, 5.74) is 10.6. The highest BCUT2D eigenvalue weighted by molar-refractivity contribution is 6.04. The smallest absolute Gasteiger partial charge is 0.333 e. The van der Waals surface area contributed by atoms with Gasteiger partial charge in [-0.25, -0.2) is 9.78 Å². The number of nitrogen functional groups attached to an aromatic ring is 1. The highest BCUT2D eigenvalue weighted by atomic mass is 19.1. The normalized spacial score (nSPS) is 11.6. The Kier molecular flexibility index (Phi) is 3.76. The van der Waals surface area contributed by atoms with Crippen LogP contribution in [0.3, 0.4) is 0 Å². The van der Waals surface area contributed by atoms with Gasteiger partial charge in [-0.05, 0) is 30.7 Å². The van der Waals surface area contributed by atoms with Crippen LogP contribution in [0.15, 0.2) is 47.7 Å². The molecular formula is C21H18FN7O. The van der Waals surface area contributed by atoms with Gasteiger partial charge in [-0.1, -0.05) is 6.07 Å². The van der Waals surface area contributed by atoms with Crippen LogP contribution in [0.25, 0.3) is 38.8 Å². The zero-order chi connectivity index (χ0) is 21.2. The van der Waals surface area contributed by atoms with E-state index in [1.165, 1.54) is 6.20 Å². The fourth-order valence-electron chi connectivity index (χ4n) is 3.83. The molecule has 5 aromatic rings. The number of fused-ring (bicyclic) bond motifs is 3. The summed E-state index contributed by atoms with van der Waals surface area (Å²) in [5.74, 6) is -0.701. The Bertz CT molecular complexity index is 1530. The van der Waals surface area contributed by atoms with Crippen molar-refractivity contribution in [1.29, 1.82) is 0 Å². The van der Waals surface area contributed by atoms with E-state index in [1.54, 1.807) is 33.1 Å². The summed E-state index contributed by atoms with van der Waals surface area (Å²) < 4.78 is 18.4. The molecule has 0 saturated heterocycles. The maximum atomic E-state index is 13.5. The van der Waals surface area contributed by atoms with Crippen molar-refractivity contribution in [2.24, 2.45) is 14.1 Å². The zero-order valence-electron chi connectivity index (χ0n) is 16.6. The van der Waals surface area contributed by atoms with E-state index in [0.717, 1.165) is 27.7 Å². The molecule has 4 aromatic heterocycles. The van der Waals surface area contributed by atoms with E-state index < -0.39 is 5.95 Å². The Morgan fingerprint density at radius 2 is 1.87 bits per heavy atom. The fraction of sp³-hybridized carbons (Fsp3) is 0.143. The molecule has 1 aromatic carbocycles. The number of hydrogen-bond donors (Lipinski definition) is 1. The first-order chi connectivity index (χ1) is 14.3. The number of pyridine rings is 2. The summed E-state index contributed by atoms with van der Waals surface area (Å²) in [6.07, 6.45) is 4.94. The lowest BCUT2D eigenvalue weighted by molar-refractivity contribution is 0.589. The summed E-state index contributed by atoms with van der Waals surface area (Å²) in [5, 5.41) is 5.17. The van der Waals surface area contributed by atoms with Gasteiger partial charge < -0.3 is 5.73 Å². The van der Waals surface area contributed by atoms with Crippen molar-refractivity contribution in [3.05, 3.63) is 65.0 Å². The Balaban J connectivity index is 1.88. The summed E-state index contributed by atoms with van der Waals surface area (Å²) in [6.45, 7) is 1.86. The minimum Gasteiger partial charge on any atom is -0.395 e. The Morgan fingerprint density at radius 1 is 1.07 bits per heavy atom. The van der Waals surface area contributed by atoms with Gasteiger partial charge in [-0.15, -0.1) is 0 Å². The standard InChI is InChI=1S/C21H18FN7O/c1-11-18(10-27(2)26-11)29-19-14-6-12(13-7-15(23)20(22)25-8-13)4-5-16(14)24-9-17(19)28(3)21(29)30/h4-10H,23H2,1-3H3. The average Bonchev–Trinajstić information content (AvgIpc) is 3.19. The second-order valence-corrected chi connectivity index (χ2v) is 7.28. The number of aryl methyl sites for hydroxylation is 3. The lowest BCUT2D eigenvalue weighted by Crippen LogP contribution is -2.21. The minimum atomic E-state index is -0.701. The third kappa shape index (κ3) is 2.52. The van der Waals surface area contributed by atoms with E-state index in [9.17, 15) is 9.18 Å². The molecule has 0 atom stereocenters. The molecule has 150 valence electrons. The molecule has 2 N–H and O–H groups in total. The molecule has 8 nitrogen and oxygen atoms in total. The summed E-state index contributed by atoms with van der Waals surface area (Å²) >= 11 is 0. The van der Waals surface area contributed by atoms with Gasteiger partial charge in [-0.2, -0.15) is 9.49 Å². The minimum absolute atomic E-state index is 0.0217. The molecule has 0 amide bonds. The van der Waals surface area contributed by atoms with Gasteiger partial charge in [0.25, 0.3) is 0 Å². The molecule has 0 unspecified atom stereocenters. The van der Waals surface area contributed by atoms with Crippen LogP contribution in [0.2, 0.25) is 0 Å². The first-order valence-electron chi connectivity index (χ1n) is 9.27. The molecule has 0 spiro atoms. The third-order valence-electron chi connectivity index (χ3n) is 5.31. The first kappa shape index (κ1) is 18.0. The number of imidazole rings is 1. The molecular weight excluding hydrogens is 385 g/mol. The summed E-state index contributed by atoms with van der Waals surface area (Å²) in [6, 6.07) is 7.19. The van der Waals surface area contributed by atoms with Crippen molar-refractivity contribution in [1.82, 2.24) is 28.9 Å². The van der Waals surface area contributed by atoms with Crippen LogP contribution in [-0.2, 0) is 14.1 Å². The third-order valence-corrected chi connectivity index (χ3v) is 5.31. The highest BCUT2D eigenvalue weighted by Crippen LogP contribution is 2.30.